The standard InChI is InChI=1S/C30H29FN2O3S/c1-3-32-27-16-10-24(11-17-27)30(23-8-14-26(31)15-9-23)25-12-18-28(19-13-25)33(4-2)21-22-6-5-7-29(20-22)37(34,35)36/h5-20H,3-4,21H2,1-2H3,(H,34,35,36). The number of anilines is 1. The average Bonchev–Trinajstić information content (AvgIpc) is 2.90. The Morgan fingerprint density at radius 1 is 0.892 bits per heavy atom. The Morgan fingerprint density at radius 3 is 2.08 bits per heavy atom. The molecule has 0 fully saturated rings. The molecule has 0 radical (unpaired) electrons. The lowest BCUT2D eigenvalue weighted by Gasteiger charge is -2.24. The summed E-state index contributed by atoms with van der Waals surface area (Å²) in [7, 11) is -4.26. The van der Waals surface area contributed by atoms with E-state index in [1.807, 2.05) is 68.5 Å². The number of hydrogen-bond acceptors (Lipinski definition) is 4. The van der Waals surface area contributed by atoms with E-state index in [-0.39, 0.29) is 10.7 Å². The highest BCUT2D eigenvalue weighted by atomic mass is 32.2. The zero-order valence-electron chi connectivity index (χ0n) is 20.8. The predicted molar refractivity (Wildman–Crippen MR) is 148 cm³/mol. The van der Waals surface area contributed by atoms with E-state index < -0.39 is 10.1 Å². The van der Waals surface area contributed by atoms with Crippen LogP contribution in [-0.4, -0.2) is 31.8 Å². The van der Waals surface area contributed by atoms with Crippen molar-refractivity contribution >= 4 is 27.1 Å². The van der Waals surface area contributed by atoms with E-state index in [4.69, 9.17) is 0 Å². The van der Waals surface area contributed by atoms with Gasteiger partial charge in [-0.3, -0.25) is 9.55 Å². The number of benzene rings is 3. The molecule has 0 aliphatic heterocycles. The van der Waals surface area contributed by atoms with E-state index in [0.717, 1.165) is 39.2 Å². The van der Waals surface area contributed by atoms with Gasteiger partial charge in [-0.25, -0.2) is 4.39 Å². The number of hydrogen-bond donors (Lipinski definition) is 1. The third kappa shape index (κ3) is 6.50. The SMILES string of the molecule is CCN=C1C=CC(=C(c2ccc(F)cc2)c2ccc(N(CC)Cc3cccc(S(=O)(=O)O)c3)cc2)C=C1. The summed E-state index contributed by atoms with van der Waals surface area (Å²) in [6.07, 6.45) is 8.02. The van der Waals surface area contributed by atoms with Crippen LogP contribution in [0.1, 0.15) is 30.5 Å². The van der Waals surface area contributed by atoms with Gasteiger partial charge in [0.05, 0.1) is 10.6 Å². The van der Waals surface area contributed by atoms with E-state index in [2.05, 4.69) is 9.89 Å². The summed E-state index contributed by atoms with van der Waals surface area (Å²) < 4.78 is 46.1. The molecular formula is C30H29FN2O3S. The zero-order chi connectivity index (χ0) is 26.4. The first-order chi connectivity index (χ1) is 17.8. The molecule has 0 spiro atoms. The smallest absolute Gasteiger partial charge is 0.294 e. The second kappa shape index (κ2) is 11.5. The summed E-state index contributed by atoms with van der Waals surface area (Å²) in [6, 6.07) is 20.9. The number of aliphatic imine (C=N–C) groups is 1. The van der Waals surface area contributed by atoms with Gasteiger partial charge in [0.15, 0.2) is 0 Å². The van der Waals surface area contributed by atoms with Gasteiger partial charge < -0.3 is 4.90 Å². The van der Waals surface area contributed by atoms with Crippen LogP contribution in [0.25, 0.3) is 5.57 Å². The molecule has 37 heavy (non-hydrogen) atoms. The molecule has 0 saturated heterocycles. The first-order valence-electron chi connectivity index (χ1n) is 12.1. The van der Waals surface area contributed by atoms with Crippen LogP contribution in [-0.2, 0) is 16.7 Å². The minimum Gasteiger partial charge on any atom is -0.367 e. The van der Waals surface area contributed by atoms with Crippen LogP contribution in [0.15, 0.2) is 113 Å². The molecule has 3 aromatic rings. The Labute approximate surface area is 217 Å². The summed E-state index contributed by atoms with van der Waals surface area (Å²) in [5.41, 5.74) is 6.54. The van der Waals surface area contributed by atoms with E-state index >= 15 is 0 Å². The monoisotopic (exact) mass is 516 g/mol. The van der Waals surface area contributed by atoms with Crippen molar-refractivity contribution in [3.63, 3.8) is 0 Å². The molecule has 0 bridgehead atoms. The molecule has 1 N–H and O–H groups in total. The molecule has 7 heteroatoms. The molecule has 0 atom stereocenters. The maximum absolute atomic E-state index is 13.7. The van der Waals surface area contributed by atoms with Crippen LogP contribution in [0.3, 0.4) is 0 Å². The number of rotatable bonds is 8. The molecule has 0 aromatic heterocycles. The Balaban J connectivity index is 1.67. The first-order valence-corrected chi connectivity index (χ1v) is 13.5. The molecular weight excluding hydrogens is 487 g/mol. The van der Waals surface area contributed by atoms with Crippen LogP contribution >= 0.6 is 0 Å². The van der Waals surface area contributed by atoms with Crippen LogP contribution in [0.2, 0.25) is 0 Å². The van der Waals surface area contributed by atoms with Crippen LogP contribution in [0, 0.1) is 5.82 Å². The van der Waals surface area contributed by atoms with E-state index in [1.54, 1.807) is 18.2 Å². The molecule has 1 aliphatic carbocycles. The molecule has 0 amide bonds. The van der Waals surface area contributed by atoms with Crippen molar-refractivity contribution in [3.05, 3.63) is 125 Å². The van der Waals surface area contributed by atoms with Gasteiger partial charge in [0.25, 0.3) is 10.1 Å². The molecule has 190 valence electrons. The van der Waals surface area contributed by atoms with Gasteiger partial charge in [0.1, 0.15) is 5.82 Å². The van der Waals surface area contributed by atoms with Crippen molar-refractivity contribution in [2.45, 2.75) is 25.3 Å². The van der Waals surface area contributed by atoms with Gasteiger partial charge in [0, 0.05) is 25.3 Å². The second-order valence-electron chi connectivity index (χ2n) is 8.59. The molecule has 3 aromatic carbocycles. The van der Waals surface area contributed by atoms with Gasteiger partial charge in [-0.15, -0.1) is 0 Å². The van der Waals surface area contributed by atoms with Crippen LogP contribution in [0.4, 0.5) is 10.1 Å². The lowest BCUT2D eigenvalue weighted by atomic mass is 9.90. The molecule has 1 aliphatic rings. The van der Waals surface area contributed by atoms with E-state index in [9.17, 15) is 17.4 Å². The minimum absolute atomic E-state index is 0.118. The third-order valence-corrected chi connectivity index (χ3v) is 6.95. The maximum Gasteiger partial charge on any atom is 0.294 e. The maximum atomic E-state index is 13.7. The van der Waals surface area contributed by atoms with Crippen molar-refractivity contribution in [1.29, 1.82) is 0 Å². The van der Waals surface area contributed by atoms with Crippen molar-refractivity contribution in [2.75, 3.05) is 18.0 Å². The molecule has 0 unspecified atom stereocenters. The third-order valence-electron chi connectivity index (χ3n) is 6.10. The lowest BCUT2D eigenvalue weighted by Crippen LogP contribution is -2.22. The Morgan fingerprint density at radius 2 is 1.51 bits per heavy atom. The van der Waals surface area contributed by atoms with Gasteiger partial charge >= 0.3 is 0 Å². The Bertz CT molecular complexity index is 1470. The highest BCUT2D eigenvalue weighted by Crippen LogP contribution is 2.31. The normalized spacial score (nSPS) is 13.1. The number of halogens is 1. The van der Waals surface area contributed by atoms with Crippen molar-refractivity contribution in [2.24, 2.45) is 4.99 Å². The summed E-state index contributed by atoms with van der Waals surface area (Å²) in [4.78, 5) is 6.44. The fourth-order valence-corrected chi connectivity index (χ4v) is 4.83. The van der Waals surface area contributed by atoms with Crippen molar-refractivity contribution in [1.82, 2.24) is 0 Å². The zero-order valence-corrected chi connectivity index (χ0v) is 21.6. The summed E-state index contributed by atoms with van der Waals surface area (Å²) in [5.74, 6) is -0.285. The fraction of sp³-hybridized carbons (Fsp3) is 0.167. The van der Waals surface area contributed by atoms with Gasteiger partial charge in [-0.2, -0.15) is 8.42 Å². The number of allylic oxidation sites excluding steroid dienone is 5. The Hall–Kier alpha value is -3.81. The Kier molecular flexibility index (Phi) is 8.16. The summed E-state index contributed by atoms with van der Waals surface area (Å²) in [5, 5.41) is 0. The van der Waals surface area contributed by atoms with Crippen molar-refractivity contribution < 1.29 is 17.4 Å². The summed E-state index contributed by atoms with van der Waals surface area (Å²) >= 11 is 0. The molecule has 4 rings (SSSR count). The minimum atomic E-state index is -4.26. The van der Waals surface area contributed by atoms with E-state index in [1.165, 1.54) is 24.3 Å². The quantitative estimate of drug-likeness (QED) is 0.348. The lowest BCUT2D eigenvalue weighted by molar-refractivity contribution is 0.483. The highest BCUT2D eigenvalue weighted by Gasteiger charge is 2.14. The second-order valence-corrected chi connectivity index (χ2v) is 10.0. The molecule has 5 nitrogen and oxygen atoms in total. The highest BCUT2D eigenvalue weighted by molar-refractivity contribution is 7.85. The van der Waals surface area contributed by atoms with Crippen LogP contribution in [0.5, 0.6) is 0 Å². The number of nitrogens with zero attached hydrogens (tertiary/aromatic N) is 2. The van der Waals surface area contributed by atoms with Crippen molar-refractivity contribution in [3.8, 4) is 0 Å². The van der Waals surface area contributed by atoms with E-state index in [0.29, 0.717) is 19.6 Å². The van der Waals surface area contributed by atoms with Gasteiger partial charge in [-0.1, -0.05) is 48.6 Å². The molecule has 0 saturated carbocycles. The summed E-state index contributed by atoms with van der Waals surface area (Å²) in [6.45, 7) is 5.92. The van der Waals surface area contributed by atoms with Crippen LogP contribution < -0.4 is 4.90 Å². The predicted octanol–water partition coefficient (Wildman–Crippen LogP) is 6.49. The fourth-order valence-electron chi connectivity index (χ4n) is 4.28. The van der Waals surface area contributed by atoms with Gasteiger partial charge in [0.2, 0.25) is 0 Å². The first kappa shape index (κ1) is 26.3. The molecule has 0 heterocycles. The topological polar surface area (TPSA) is 70.0 Å². The van der Waals surface area contributed by atoms with Gasteiger partial charge in [-0.05, 0) is 90.2 Å². The largest absolute Gasteiger partial charge is 0.367 e. The average molecular weight is 517 g/mol.